The van der Waals surface area contributed by atoms with E-state index >= 15 is 0 Å². The molecule has 0 bridgehead atoms. The van der Waals surface area contributed by atoms with Gasteiger partial charge in [0.1, 0.15) is 0 Å². The van der Waals surface area contributed by atoms with Gasteiger partial charge in [0.25, 0.3) is 0 Å². The van der Waals surface area contributed by atoms with E-state index < -0.39 is 5.91 Å². The quantitative estimate of drug-likeness (QED) is 0.422. The first-order valence-corrected chi connectivity index (χ1v) is 4.30. The third kappa shape index (κ3) is 2.31. The van der Waals surface area contributed by atoms with E-state index in [4.69, 9.17) is 5.53 Å². The van der Waals surface area contributed by atoms with Crippen molar-refractivity contribution in [1.29, 1.82) is 0 Å². The number of rotatable bonds is 1. The summed E-state index contributed by atoms with van der Waals surface area (Å²) in [7, 11) is 0. The zero-order valence-corrected chi connectivity index (χ0v) is 8.45. The van der Waals surface area contributed by atoms with Gasteiger partial charge in [-0.05, 0) is 41.3 Å². The molecule has 1 amide bonds. The second-order valence-corrected chi connectivity index (χ2v) is 3.37. The molecule has 0 unspecified atom stereocenters. The van der Waals surface area contributed by atoms with Crippen LogP contribution in [0.25, 0.3) is 10.4 Å². The Kier molecular flexibility index (Phi) is 3.06. The molecule has 0 aliphatic carbocycles. The molecule has 0 N–H and O–H groups in total. The number of carbonyl (C=O) groups is 1. The predicted octanol–water partition coefficient (Wildman–Crippen LogP) is 3.21. The summed E-state index contributed by atoms with van der Waals surface area (Å²) in [6.07, 6.45) is 0. The van der Waals surface area contributed by atoms with Crippen LogP contribution >= 0.6 is 15.9 Å². The van der Waals surface area contributed by atoms with Crippen molar-refractivity contribution in [3.05, 3.63) is 44.2 Å². The number of hydrogen-bond acceptors (Lipinski definition) is 1. The fourth-order valence-corrected chi connectivity index (χ4v) is 1.44. The van der Waals surface area contributed by atoms with Crippen LogP contribution < -0.4 is 0 Å². The van der Waals surface area contributed by atoms with Gasteiger partial charge in [-0.1, -0.05) is 15.9 Å². The Balaban J connectivity index is 3.16. The highest BCUT2D eigenvalue weighted by Crippen LogP contribution is 2.16. The third-order valence-corrected chi connectivity index (χ3v) is 2.05. The fourth-order valence-electron chi connectivity index (χ4n) is 0.962. The van der Waals surface area contributed by atoms with Crippen molar-refractivity contribution in [2.45, 2.75) is 6.92 Å². The van der Waals surface area contributed by atoms with Crippen LogP contribution in [0.3, 0.4) is 0 Å². The van der Waals surface area contributed by atoms with Crippen LogP contribution in [0, 0.1) is 6.92 Å². The lowest BCUT2D eigenvalue weighted by atomic mass is 10.1. The first-order valence-electron chi connectivity index (χ1n) is 3.50. The molecule has 1 rings (SSSR count). The average Bonchev–Trinajstić information content (AvgIpc) is 2.04. The van der Waals surface area contributed by atoms with Gasteiger partial charge >= 0.3 is 0 Å². The van der Waals surface area contributed by atoms with Crippen LogP contribution in [0.4, 0.5) is 0 Å². The first kappa shape index (κ1) is 9.77. The van der Waals surface area contributed by atoms with Crippen molar-refractivity contribution in [3.8, 4) is 0 Å². The predicted molar refractivity (Wildman–Crippen MR) is 52.4 cm³/mol. The lowest BCUT2D eigenvalue weighted by Crippen LogP contribution is -1.96. The zero-order chi connectivity index (χ0) is 9.84. The van der Waals surface area contributed by atoms with E-state index in [1.165, 1.54) is 0 Å². The van der Waals surface area contributed by atoms with E-state index in [1.807, 2.05) is 0 Å². The van der Waals surface area contributed by atoms with Gasteiger partial charge in [-0.3, -0.25) is 4.79 Å². The minimum absolute atomic E-state index is 0.431. The summed E-state index contributed by atoms with van der Waals surface area (Å²) in [5, 5.41) is 3.01. The van der Waals surface area contributed by atoms with Crippen molar-refractivity contribution in [2.75, 3.05) is 0 Å². The minimum atomic E-state index is -0.549. The van der Waals surface area contributed by atoms with Gasteiger partial charge in [0.15, 0.2) is 0 Å². The maximum Gasteiger partial charge on any atom is 0.249 e. The minimum Gasteiger partial charge on any atom is -0.287 e. The van der Waals surface area contributed by atoms with Crippen LogP contribution in [-0.2, 0) is 0 Å². The van der Waals surface area contributed by atoms with Crippen LogP contribution in [0.15, 0.2) is 27.8 Å². The van der Waals surface area contributed by atoms with E-state index in [0.29, 0.717) is 5.56 Å². The molecule has 0 spiro atoms. The molecule has 66 valence electrons. The Bertz CT molecular complexity index is 396. The van der Waals surface area contributed by atoms with Crippen molar-refractivity contribution >= 4 is 21.8 Å². The van der Waals surface area contributed by atoms with Gasteiger partial charge in [-0.15, -0.1) is 0 Å². The van der Waals surface area contributed by atoms with Crippen LogP contribution in [0.5, 0.6) is 0 Å². The fraction of sp³-hybridized carbons (Fsp3) is 0.125. The summed E-state index contributed by atoms with van der Waals surface area (Å²) in [5.41, 5.74) is 9.29. The Hall–Kier alpha value is -1.32. The van der Waals surface area contributed by atoms with E-state index in [2.05, 4.69) is 26.0 Å². The van der Waals surface area contributed by atoms with Crippen LogP contribution in [0.2, 0.25) is 0 Å². The molecule has 0 radical (unpaired) electrons. The number of aryl methyl sites for hydroxylation is 1. The molecule has 0 saturated heterocycles. The third-order valence-electron chi connectivity index (χ3n) is 1.55. The Morgan fingerprint density at radius 2 is 2.31 bits per heavy atom. The standard InChI is InChI=1S/C8H6BrN3O/c1-5-4-6(9)2-3-7(5)8(13)11-12-10/h2-4H,1H3. The summed E-state index contributed by atoms with van der Waals surface area (Å²) < 4.78 is 0.891. The number of azide groups is 1. The second kappa shape index (κ2) is 4.07. The lowest BCUT2D eigenvalue weighted by Gasteiger charge is -2.00. The highest BCUT2D eigenvalue weighted by molar-refractivity contribution is 9.10. The van der Waals surface area contributed by atoms with Gasteiger partial charge in [-0.2, -0.15) is 0 Å². The maximum atomic E-state index is 11.1. The monoisotopic (exact) mass is 239 g/mol. The number of nitrogens with zero attached hydrogens (tertiary/aromatic N) is 3. The SMILES string of the molecule is Cc1cc(Br)ccc1C(=O)N=[N+]=[N-]. The molecular formula is C8H6BrN3O. The second-order valence-electron chi connectivity index (χ2n) is 2.45. The Labute approximate surface area is 83.3 Å². The summed E-state index contributed by atoms with van der Waals surface area (Å²) in [6.45, 7) is 1.78. The van der Waals surface area contributed by atoms with Gasteiger partial charge in [-0.25, -0.2) is 0 Å². The highest BCUT2D eigenvalue weighted by atomic mass is 79.9. The molecule has 0 aliphatic heterocycles. The molecule has 0 aliphatic rings. The zero-order valence-electron chi connectivity index (χ0n) is 6.86. The number of carbonyl (C=O) groups excluding carboxylic acids is 1. The molecule has 13 heavy (non-hydrogen) atoms. The molecule has 5 heteroatoms. The van der Waals surface area contributed by atoms with Crippen molar-refractivity contribution in [3.63, 3.8) is 0 Å². The summed E-state index contributed by atoms with van der Waals surface area (Å²) in [5.74, 6) is -0.549. The topological polar surface area (TPSA) is 65.8 Å². The number of amides is 1. The van der Waals surface area contributed by atoms with E-state index in [-0.39, 0.29) is 0 Å². The summed E-state index contributed by atoms with van der Waals surface area (Å²) in [6, 6.07) is 5.14. The van der Waals surface area contributed by atoms with E-state index in [9.17, 15) is 4.79 Å². The van der Waals surface area contributed by atoms with Crippen LogP contribution in [0.1, 0.15) is 15.9 Å². The lowest BCUT2D eigenvalue weighted by molar-refractivity contribution is 0.1000. The normalized spacial score (nSPS) is 9.08. The molecule has 1 aromatic carbocycles. The average molecular weight is 240 g/mol. The maximum absolute atomic E-state index is 11.1. The number of halogens is 1. The Morgan fingerprint density at radius 3 is 2.85 bits per heavy atom. The van der Waals surface area contributed by atoms with E-state index in [0.717, 1.165) is 10.0 Å². The van der Waals surface area contributed by atoms with Crippen molar-refractivity contribution in [2.24, 2.45) is 5.11 Å². The van der Waals surface area contributed by atoms with Crippen molar-refractivity contribution < 1.29 is 4.79 Å². The van der Waals surface area contributed by atoms with Crippen LogP contribution in [-0.4, -0.2) is 5.91 Å². The molecule has 0 aromatic heterocycles. The highest BCUT2D eigenvalue weighted by Gasteiger charge is 2.05. The molecular weight excluding hydrogens is 234 g/mol. The van der Waals surface area contributed by atoms with Gasteiger partial charge in [0.2, 0.25) is 5.91 Å². The summed E-state index contributed by atoms with van der Waals surface area (Å²) in [4.78, 5) is 13.6. The number of hydrogen-bond donors (Lipinski definition) is 0. The molecule has 0 saturated carbocycles. The Morgan fingerprint density at radius 1 is 1.62 bits per heavy atom. The number of benzene rings is 1. The summed E-state index contributed by atoms with van der Waals surface area (Å²) >= 11 is 3.27. The van der Waals surface area contributed by atoms with Gasteiger partial charge in [0.05, 0.1) is 0 Å². The molecule has 0 fully saturated rings. The van der Waals surface area contributed by atoms with Gasteiger partial charge in [0, 0.05) is 14.9 Å². The van der Waals surface area contributed by atoms with E-state index in [1.54, 1.807) is 25.1 Å². The molecule has 0 atom stereocenters. The smallest absolute Gasteiger partial charge is 0.249 e. The molecule has 1 aromatic rings. The van der Waals surface area contributed by atoms with Crippen molar-refractivity contribution in [1.82, 2.24) is 0 Å². The molecule has 0 heterocycles. The van der Waals surface area contributed by atoms with Gasteiger partial charge < -0.3 is 0 Å². The largest absolute Gasteiger partial charge is 0.287 e. The molecule has 4 nitrogen and oxygen atoms in total. The first-order chi connectivity index (χ1) is 6.15.